The molecule has 3 rings (SSSR count). The Morgan fingerprint density at radius 3 is 2.31 bits per heavy atom. The van der Waals surface area contributed by atoms with Crippen molar-refractivity contribution in [3.05, 3.63) is 64.7 Å². The average molecular weight is 381 g/mol. The Morgan fingerprint density at radius 2 is 1.73 bits per heavy atom. The summed E-state index contributed by atoms with van der Waals surface area (Å²) in [5.74, 6) is -0.456. The Labute approximate surface area is 153 Å². The van der Waals surface area contributed by atoms with Gasteiger partial charge in [-0.1, -0.05) is 35.9 Å². The van der Waals surface area contributed by atoms with Gasteiger partial charge in [0.05, 0.1) is 6.54 Å². The van der Waals surface area contributed by atoms with Crippen molar-refractivity contribution in [2.24, 2.45) is 0 Å². The topological polar surface area (TPSA) is 58.6 Å². The Morgan fingerprint density at radius 1 is 1.12 bits per heavy atom. The summed E-state index contributed by atoms with van der Waals surface area (Å²) in [5.41, 5.74) is -0.0636. The van der Waals surface area contributed by atoms with Gasteiger partial charge in [-0.3, -0.25) is 9.69 Å². The van der Waals surface area contributed by atoms with Crippen LogP contribution in [0.5, 0.6) is 5.75 Å². The molecule has 2 aromatic rings. The van der Waals surface area contributed by atoms with Crippen molar-refractivity contribution in [1.29, 1.82) is 0 Å². The van der Waals surface area contributed by atoms with Crippen molar-refractivity contribution in [2.45, 2.75) is 25.6 Å². The summed E-state index contributed by atoms with van der Waals surface area (Å²) in [6.07, 6.45) is 0. The predicted octanol–water partition coefficient (Wildman–Crippen LogP) is 3.91. The number of hydrogen-bond donors (Lipinski definition) is 1. The Kier molecular flexibility index (Phi) is 4.82. The maximum absolute atomic E-state index is 12.8. The minimum absolute atomic E-state index is 0.0258. The van der Waals surface area contributed by atoms with E-state index >= 15 is 0 Å². The number of urea groups is 1. The fraction of sp³-hybridized carbons (Fsp3) is 0.222. The summed E-state index contributed by atoms with van der Waals surface area (Å²) < 4.78 is 28.8. The SMILES string of the molecule is C[C@@]1(c2ccc(OC(F)F)cc2)NC(=O)N(Cc2ccc(Cl)cc2)C1=O. The zero-order valence-corrected chi connectivity index (χ0v) is 14.5. The molecule has 8 heteroatoms. The molecule has 0 unspecified atom stereocenters. The Balaban J connectivity index is 1.81. The number of imide groups is 1. The Bertz CT molecular complexity index is 827. The number of carbonyl (C=O) groups is 2. The van der Waals surface area contributed by atoms with Crippen LogP contribution in [0.2, 0.25) is 5.02 Å². The molecule has 0 radical (unpaired) electrons. The lowest BCUT2D eigenvalue weighted by atomic mass is 9.92. The van der Waals surface area contributed by atoms with E-state index in [4.69, 9.17) is 11.6 Å². The van der Waals surface area contributed by atoms with Gasteiger partial charge in [-0.15, -0.1) is 0 Å². The molecular weight excluding hydrogens is 366 g/mol. The molecule has 2 aromatic carbocycles. The molecule has 0 spiro atoms. The van der Waals surface area contributed by atoms with Gasteiger partial charge >= 0.3 is 12.6 Å². The number of carbonyl (C=O) groups excluding carboxylic acids is 2. The molecule has 0 saturated carbocycles. The second-order valence-corrected chi connectivity index (χ2v) is 6.41. The quantitative estimate of drug-likeness (QED) is 0.800. The molecule has 0 aromatic heterocycles. The maximum Gasteiger partial charge on any atom is 0.387 e. The molecular formula is C18H15ClF2N2O3. The molecule has 0 aliphatic carbocycles. The number of ether oxygens (including phenoxy) is 1. The normalized spacial score (nSPS) is 19.8. The van der Waals surface area contributed by atoms with Crippen LogP contribution in [0.4, 0.5) is 13.6 Å². The van der Waals surface area contributed by atoms with Crippen LogP contribution in [0.15, 0.2) is 48.5 Å². The van der Waals surface area contributed by atoms with Crippen LogP contribution in [0, 0.1) is 0 Å². The van der Waals surface area contributed by atoms with Crippen molar-refractivity contribution in [1.82, 2.24) is 10.2 Å². The number of hydrogen-bond acceptors (Lipinski definition) is 3. The van der Waals surface area contributed by atoms with Crippen molar-refractivity contribution in [3.63, 3.8) is 0 Å². The van der Waals surface area contributed by atoms with E-state index in [1.54, 1.807) is 31.2 Å². The van der Waals surface area contributed by atoms with Gasteiger partial charge in [0.25, 0.3) is 5.91 Å². The zero-order valence-electron chi connectivity index (χ0n) is 13.7. The standard InChI is InChI=1S/C18H15ClF2N2O3/c1-18(12-4-8-14(9-5-12)26-16(20)21)15(24)23(17(25)22-18)10-11-2-6-13(19)7-3-11/h2-9,16H,10H2,1H3,(H,22,25)/t18-/m0/s1. The van der Waals surface area contributed by atoms with Gasteiger partial charge in [0, 0.05) is 5.02 Å². The highest BCUT2D eigenvalue weighted by Crippen LogP contribution is 2.31. The van der Waals surface area contributed by atoms with Crippen molar-refractivity contribution in [2.75, 3.05) is 0 Å². The Hall–Kier alpha value is -2.67. The minimum Gasteiger partial charge on any atom is -0.435 e. The van der Waals surface area contributed by atoms with E-state index in [0.29, 0.717) is 10.6 Å². The molecule has 1 aliphatic heterocycles. The van der Waals surface area contributed by atoms with E-state index in [2.05, 4.69) is 10.1 Å². The molecule has 1 atom stereocenters. The first-order chi connectivity index (χ1) is 12.3. The zero-order chi connectivity index (χ0) is 18.9. The molecule has 1 fully saturated rings. The lowest BCUT2D eigenvalue weighted by Gasteiger charge is -2.22. The van der Waals surface area contributed by atoms with Crippen molar-refractivity contribution >= 4 is 23.5 Å². The highest BCUT2D eigenvalue weighted by atomic mass is 35.5. The van der Waals surface area contributed by atoms with Gasteiger partial charge in [0.15, 0.2) is 0 Å². The average Bonchev–Trinajstić information content (AvgIpc) is 2.81. The van der Waals surface area contributed by atoms with Crippen LogP contribution >= 0.6 is 11.6 Å². The third-order valence-electron chi connectivity index (χ3n) is 4.19. The largest absolute Gasteiger partial charge is 0.435 e. The van der Waals surface area contributed by atoms with E-state index in [1.807, 2.05) is 0 Å². The molecule has 5 nitrogen and oxygen atoms in total. The van der Waals surface area contributed by atoms with E-state index < -0.39 is 24.1 Å². The predicted molar refractivity (Wildman–Crippen MR) is 91.0 cm³/mol. The highest BCUT2D eigenvalue weighted by molar-refractivity contribution is 6.30. The molecule has 1 heterocycles. The molecule has 3 amide bonds. The summed E-state index contributed by atoms with van der Waals surface area (Å²) in [7, 11) is 0. The first-order valence-corrected chi connectivity index (χ1v) is 8.11. The van der Waals surface area contributed by atoms with Crippen molar-refractivity contribution < 1.29 is 23.1 Å². The van der Waals surface area contributed by atoms with Gasteiger partial charge in [-0.2, -0.15) is 8.78 Å². The smallest absolute Gasteiger partial charge is 0.387 e. The van der Waals surface area contributed by atoms with Crippen LogP contribution in [0.3, 0.4) is 0 Å². The summed E-state index contributed by atoms with van der Waals surface area (Å²) in [6, 6.07) is 11.9. The summed E-state index contributed by atoms with van der Waals surface area (Å²) in [6.45, 7) is -1.26. The van der Waals surface area contributed by atoms with Crippen molar-refractivity contribution in [3.8, 4) is 5.75 Å². The van der Waals surface area contributed by atoms with Crippen LogP contribution < -0.4 is 10.1 Å². The first-order valence-electron chi connectivity index (χ1n) is 7.73. The fourth-order valence-electron chi connectivity index (χ4n) is 2.78. The molecule has 1 saturated heterocycles. The van der Waals surface area contributed by atoms with Crippen LogP contribution in [-0.4, -0.2) is 23.4 Å². The molecule has 136 valence electrons. The summed E-state index contributed by atoms with van der Waals surface area (Å²) >= 11 is 5.84. The molecule has 0 bridgehead atoms. The number of halogens is 3. The fourth-order valence-corrected chi connectivity index (χ4v) is 2.90. The van der Waals surface area contributed by atoms with Gasteiger partial charge in [0.2, 0.25) is 0 Å². The van der Waals surface area contributed by atoms with Crippen LogP contribution in [0.25, 0.3) is 0 Å². The maximum atomic E-state index is 12.8. The van der Waals surface area contributed by atoms with E-state index in [0.717, 1.165) is 10.5 Å². The molecule has 1 aliphatic rings. The van der Waals surface area contributed by atoms with E-state index in [9.17, 15) is 18.4 Å². The monoisotopic (exact) mass is 380 g/mol. The number of amides is 3. The van der Waals surface area contributed by atoms with Gasteiger partial charge in [-0.05, 0) is 42.3 Å². The second-order valence-electron chi connectivity index (χ2n) is 5.98. The third kappa shape index (κ3) is 3.48. The molecule has 1 N–H and O–H groups in total. The van der Waals surface area contributed by atoms with Gasteiger partial charge in [0.1, 0.15) is 11.3 Å². The van der Waals surface area contributed by atoms with Crippen LogP contribution in [-0.2, 0) is 16.9 Å². The lowest BCUT2D eigenvalue weighted by molar-refractivity contribution is -0.131. The lowest BCUT2D eigenvalue weighted by Crippen LogP contribution is -2.40. The number of rotatable bonds is 5. The number of alkyl halides is 2. The van der Waals surface area contributed by atoms with Gasteiger partial charge < -0.3 is 10.1 Å². The minimum atomic E-state index is -2.93. The van der Waals surface area contributed by atoms with Gasteiger partial charge in [-0.25, -0.2) is 4.79 Å². The number of benzene rings is 2. The second kappa shape index (κ2) is 6.92. The van der Waals surface area contributed by atoms with E-state index in [-0.39, 0.29) is 12.3 Å². The summed E-state index contributed by atoms with van der Waals surface area (Å²) in [4.78, 5) is 26.2. The summed E-state index contributed by atoms with van der Waals surface area (Å²) in [5, 5.41) is 3.22. The molecule has 26 heavy (non-hydrogen) atoms. The highest BCUT2D eigenvalue weighted by Gasteiger charge is 2.48. The number of nitrogens with zero attached hydrogens (tertiary/aromatic N) is 1. The number of nitrogens with one attached hydrogen (secondary N) is 1. The van der Waals surface area contributed by atoms with E-state index in [1.165, 1.54) is 24.3 Å². The first kappa shape index (κ1) is 18.1. The third-order valence-corrected chi connectivity index (χ3v) is 4.44. The van der Waals surface area contributed by atoms with Crippen LogP contribution in [0.1, 0.15) is 18.1 Å².